The van der Waals surface area contributed by atoms with Crippen molar-refractivity contribution in [1.29, 1.82) is 0 Å². The van der Waals surface area contributed by atoms with Gasteiger partial charge < -0.3 is 5.11 Å². The molecule has 3 rings (SSSR count). The molecule has 0 spiro atoms. The number of nitrogens with zero attached hydrogens (tertiary/aromatic N) is 2. The van der Waals surface area contributed by atoms with Crippen LogP contribution in [0.1, 0.15) is 27.3 Å². The van der Waals surface area contributed by atoms with E-state index < -0.39 is 65.4 Å². The highest BCUT2D eigenvalue weighted by Gasteiger charge is 2.37. The number of hydrogen-bond donors (Lipinski definition) is 1. The summed E-state index contributed by atoms with van der Waals surface area (Å²) in [6, 6.07) is 7.87. The average Bonchev–Trinajstić information content (AvgIpc) is 2.79. The van der Waals surface area contributed by atoms with Crippen molar-refractivity contribution in [2.45, 2.75) is 22.9 Å². The largest absolute Gasteiger partial charge is 0.417 e. The van der Waals surface area contributed by atoms with E-state index in [0.29, 0.717) is 0 Å². The summed E-state index contributed by atoms with van der Waals surface area (Å²) < 4.78 is 91.5. The predicted octanol–water partition coefficient (Wildman–Crippen LogP) is 4.50. The molecule has 1 heterocycles. The van der Waals surface area contributed by atoms with E-state index in [4.69, 9.17) is 23.2 Å². The number of pyridine rings is 1. The van der Waals surface area contributed by atoms with E-state index in [2.05, 4.69) is 4.98 Å². The van der Waals surface area contributed by atoms with Gasteiger partial charge in [-0.1, -0.05) is 35.3 Å². The topological polar surface area (TPSA) is 122 Å². The predicted molar refractivity (Wildman–Crippen MR) is 130 cm³/mol. The first-order valence-electron chi connectivity index (χ1n) is 10.0. The molecular formula is C22H17Cl2F3N2O6S2. The zero-order valence-corrected chi connectivity index (χ0v) is 22.1. The molecule has 198 valence electrons. The number of aliphatic hydroxyl groups is 1. The molecule has 0 aliphatic rings. The Morgan fingerprint density at radius 2 is 1.65 bits per heavy atom. The fourth-order valence-electron chi connectivity index (χ4n) is 3.32. The number of ketones is 1. The van der Waals surface area contributed by atoms with E-state index in [1.165, 1.54) is 25.1 Å². The zero-order valence-electron chi connectivity index (χ0n) is 18.9. The number of aromatic nitrogens is 1. The van der Waals surface area contributed by atoms with Crippen molar-refractivity contribution in [2.75, 3.05) is 17.3 Å². The van der Waals surface area contributed by atoms with Crippen molar-refractivity contribution >= 4 is 54.5 Å². The number of alkyl halides is 3. The number of rotatable bonds is 7. The van der Waals surface area contributed by atoms with Gasteiger partial charge in [-0.15, -0.1) is 0 Å². The first-order valence-corrected chi connectivity index (χ1v) is 14.1. The third kappa shape index (κ3) is 5.75. The number of aliphatic hydroxyl groups excluding tert-OH is 1. The fraction of sp³-hybridized carbons (Fsp3) is 0.182. The third-order valence-corrected chi connectivity index (χ3v) is 8.72. The van der Waals surface area contributed by atoms with Gasteiger partial charge in [0.1, 0.15) is 12.4 Å². The summed E-state index contributed by atoms with van der Waals surface area (Å²) in [6.45, 7) is 0.0549. The van der Waals surface area contributed by atoms with Crippen LogP contribution in [0, 0.1) is 6.92 Å². The van der Waals surface area contributed by atoms with Crippen LogP contribution in [0.5, 0.6) is 0 Å². The minimum Gasteiger partial charge on any atom is -0.375 e. The van der Waals surface area contributed by atoms with Gasteiger partial charge in [0.15, 0.2) is 9.84 Å². The van der Waals surface area contributed by atoms with Gasteiger partial charge in [0.25, 0.3) is 10.0 Å². The highest BCUT2D eigenvalue weighted by molar-refractivity contribution is 7.92. The molecule has 15 heteroatoms. The lowest BCUT2D eigenvalue weighted by Gasteiger charge is -2.25. The second-order valence-corrected chi connectivity index (χ2v) is 12.3. The SMILES string of the molecule is Cc1nc(C(=O)c2ccccc2S(C)(=O)=O)c(N(CO)S(=O)(=O)c2ccc(Cl)c(C(F)(F)F)c2)cc1Cl. The second kappa shape index (κ2) is 10.2. The van der Waals surface area contributed by atoms with E-state index in [1.54, 1.807) is 0 Å². The molecule has 3 aromatic rings. The normalized spacial score (nSPS) is 12.4. The number of aryl methyl sites for hydroxylation is 1. The number of carbonyl (C=O) groups excluding carboxylic acids is 1. The molecule has 0 aliphatic carbocycles. The van der Waals surface area contributed by atoms with Crippen LogP contribution in [0.3, 0.4) is 0 Å². The summed E-state index contributed by atoms with van der Waals surface area (Å²) in [6.07, 6.45) is -4.12. The van der Waals surface area contributed by atoms with E-state index >= 15 is 0 Å². The molecule has 0 fully saturated rings. The summed E-state index contributed by atoms with van der Waals surface area (Å²) in [5.74, 6) is -1.03. The molecule has 1 N–H and O–H groups in total. The van der Waals surface area contributed by atoms with Crippen molar-refractivity contribution in [3.8, 4) is 0 Å². The number of carbonyl (C=O) groups is 1. The monoisotopic (exact) mass is 596 g/mol. The van der Waals surface area contributed by atoms with Gasteiger partial charge in [-0.2, -0.15) is 13.2 Å². The molecule has 1 aromatic heterocycles. The van der Waals surface area contributed by atoms with E-state index in [9.17, 15) is 39.9 Å². The Hall–Kier alpha value is -2.71. The summed E-state index contributed by atoms with van der Waals surface area (Å²) in [5.41, 5.74) is -2.92. The van der Waals surface area contributed by atoms with Gasteiger partial charge in [-0.3, -0.25) is 4.79 Å². The number of sulfonamides is 1. The first kappa shape index (κ1) is 28.9. The lowest BCUT2D eigenvalue weighted by molar-refractivity contribution is -0.137. The summed E-state index contributed by atoms with van der Waals surface area (Å²) in [4.78, 5) is 16.2. The second-order valence-electron chi connectivity index (χ2n) is 7.66. The molecule has 0 atom stereocenters. The van der Waals surface area contributed by atoms with Crippen molar-refractivity contribution in [3.05, 3.63) is 81.1 Å². The smallest absolute Gasteiger partial charge is 0.375 e. The molecular weight excluding hydrogens is 580 g/mol. The maximum Gasteiger partial charge on any atom is 0.417 e. The number of benzene rings is 2. The zero-order chi connectivity index (χ0) is 27.9. The third-order valence-electron chi connectivity index (χ3n) is 5.11. The van der Waals surface area contributed by atoms with Crippen LogP contribution in [0.2, 0.25) is 10.0 Å². The van der Waals surface area contributed by atoms with Gasteiger partial charge in [0.05, 0.1) is 36.8 Å². The van der Waals surface area contributed by atoms with Crippen LogP contribution in [-0.2, 0) is 26.0 Å². The highest BCUT2D eigenvalue weighted by atomic mass is 35.5. The lowest BCUT2D eigenvalue weighted by Crippen LogP contribution is -2.34. The Balaban J connectivity index is 2.28. The number of sulfone groups is 1. The van der Waals surface area contributed by atoms with Crippen molar-refractivity contribution < 1.29 is 39.9 Å². The molecule has 0 radical (unpaired) electrons. The standard InChI is InChI=1S/C22H17Cl2F3N2O6S2/c1-12-17(24)10-18(20(28-12)21(31)14-5-3-4-6-19(14)36(2,32)33)29(11-30)37(34,35)13-7-8-16(23)15(9-13)22(25,26)27/h3-10,30H,11H2,1-2H3. The Labute approximate surface area is 220 Å². The Morgan fingerprint density at radius 3 is 2.22 bits per heavy atom. The van der Waals surface area contributed by atoms with Crippen LogP contribution in [-0.4, -0.2) is 45.7 Å². The van der Waals surface area contributed by atoms with Crippen LogP contribution >= 0.6 is 23.2 Å². The quantitative estimate of drug-likeness (QED) is 0.315. The molecule has 37 heavy (non-hydrogen) atoms. The van der Waals surface area contributed by atoms with E-state index in [1.807, 2.05) is 0 Å². The Bertz CT molecular complexity index is 1610. The highest BCUT2D eigenvalue weighted by Crippen LogP contribution is 2.38. The van der Waals surface area contributed by atoms with Crippen LogP contribution in [0.15, 0.2) is 58.3 Å². The number of halogens is 5. The molecule has 0 bridgehead atoms. The maximum absolute atomic E-state index is 13.5. The molecule has 0 unspecified atom stereocenters. The molecule has 0 saturated carbocycles. The molecule has 2 aromatic carbocycles. The minimum atomic E-state index is -4.99. The van der Waals surface area contributed by atoms with Crippen LogP contribution in [0.4, 0.5) is 18.9 Å². The Kier molecular flexibility index (Phi) is 7.97. The fourth-order valence-corrected chi connectivity index (χ4v) is 5.89. The van der Waals surface area contributed by atoms with E-state index in [-0.39, 0.29) is 31.5 Å². The summed E-state index contributed by atoms with van der Waals surface area (Å²) in [7, 11) is -8.87. The van der Waals surface area contributed by atoms with Crippen molar-refractivity contribution in [1.82, 2.24) is 4.98 Å². The van der Waals surface area contributed by atoms with Gasteiger partial charge >= 0.3 is 6.18 Å². The van der Waals surface area contributed by atoms with Gasteiger partial charge in [0, 0.05) is 11.8 Å². The number of hydrogen-bond acceptors (Lipinski definition) is 7. The summed E-state index contributed by atoms with van der Waals surface area (Å²) in [5, 5.41) is 9.11. The van der Waals surface area contributed by atoms with Crippen molar-refractivity contribution in [2.24, 2.45) is 0 Å². The van der Waals surface area contributed by atoms with Gasteiger partial charge in [-0.05, 0) is 43.3 Å². The van der Waals surface area contributed by atoms with Gasteiger partial charge in [0.2, 0.25) is 5.78 Å². The molecule has 0 saturated heterocycles. The Morgan fingerprint density at radius 1 is 1.03 bits per heavy atom. The maximum atomic E-state index is 13.5. The van der Waals surface area contributed by atoms with Gasteiger partial charge in [-0.25, -0.2) is 26.1 Å². The molecule has 8 nitrogen and oxygen atoms in total. The molecule has 0 amide bonds. The minimum absolute atomic E-state index is 0.0618. The molecule has 0 aliphatic heterocycles. The van der Waals surface area contributed by atoms with Crippen LogP contribution in [0.25, 0.3) is 0 Å². The number of anilines is 1. The lowest BCUT2D eigenvalue weighted by atomic mass is 10.1. The summed E-state index contributed by atoms with van der Waals surface area (Å²) >= 11 is 11.7. The van der Waals surface area contributed by atoms with Crippen LogP contribution < -0.4 is 4.31 Å². The van der Waals surface area contributed by atoms with E-state index in [0.717, 1.165) is 30.5 Å². The van der Waals surface area contributed by atoms with Crippen molar-refractivity contribution in [3.63, 3.8) is 0 Å². The average molecular weight is 597 g/mol. The first-order chi connectivity index (χ1) is 17.0.